The van der Waals surface area contributed by atoms with Crippen LogP contribution >= 0.6 is 23.1 Å². The first kappa shape index (κ1) is 23.5. The van der Waals surface area contributed by atoms with Gasteiger partial charge in [0, 0.05) is 23.4 Å². The third-order valence-corrected chi connectivity index (χ3v) is 6.57. The fourth-order valence-corrected chi connectivity index (χ4v) is 4.89. The Labute approximate surface area is 205 Å². The van der Waals surface area contributed by atoms with Gasteiger partial charge in [0.25, 0.3) is 0 Å². The number of esters is 1. The van der Waals surface area contributed by atoms with E-state index in [-0.39, 0.29) is 12.5 Å². The Morgan fingerprint density at radius 1 is 1.03 bits per heavy atom. The fourth-order valence-electron chi connectivity index (χ4n) is 3.13. The van der Waals surface area contributed by atoms with E-state index < -0.39 is 5.97 Å². The van der Waals surface area contributed by atoms with E-state index in [1.165, 1.54) is 34.9 Å². The van der Waals surface area contributed by atoms with Gasteiger partial charge in [0.1, 0.15) is 17.4 Å². The molecule has 0 aliphatic carbocycles. The molecule has 0 bridgehead atoms. The number of anilines is 2. The van der Waals surface area contributed by atoms with Crippen LogP contribution in [0.5, 0.6) is 5.75 Å². The molecular weight excluding hydrogens is 470 g/mol. The van der Waals surface area contributed by atoms with E-state index in [0.29, 0.717) is 32.9 Å². The highest BCUT2D eigenvalue weighted by Gasteiger charge is 2.22. The molecule has 0 unspecified atom stereocenters. The number of thiazole rings is 1. The minimum atomic E-state index is -0.491. The molecule has 0 saturated heterocycles. The van der Waals surface area contributed by atoms with Gasteiger partial charge in [-0.2, -0.15) is 0 Å². The van der Waals surface area contributed by atoms with Crippen molar-refractivity contribution in [2.45, 2.75) is 23.5 Å². The van der Waals surface area contributed by atoms with Crippen molar-refractivity contribution < 1.29 is 19.1 Å². The van der Waals surface area contributed by atoms with Crippen molar-refractivity contribution in [2.75, 3.05) is 12.0 Å². The van der Waals surface area contributed by atoms with Crippen molar-refractivity contribution in [3.8, 4) is 5.75 Å². The molecule has 0 N–H and O–H groups in total. The van der Waals surface area contributed by atoms with Crippen molar-refractivity contribution in [2.24, 2.45) is 0 Å². The zero-order valence-corrected chi connectivity index (χ0v) is 20.1. The average molecular weight is 492 g/mol. The Bertz CT molecular complexity index is 1290. The molecule has 4 rings (SSSR count). The third kappa shape index (κ3) is 5.44. The number of ether oxygens (including phenoxy) is 2. The van der Waals surface area contributed by atoms with E-state index in [9.17, 15) is 9.59 Å². The number of benzene rings is 2. The van der Waals surface area contributed by atoms with E-state index in [0.717, 1.165) is 4.90 Å². The van der Waals surface area contributed by atoms with Gasteiger partial charge >= 0.3 is 5.97 Å². The number of rotatable bonds is 8. The summed E-state index contributed by atoms with van der Waals surface area (Å²) in [5, 5.41) is 2.79. The zero-order valence-electron chi connectivity index (χ0n) is 18.5. The summed E-state index contributed by atoms with van der Waals surface area (Å²) in [5.41, 5.74) is 1.51. The standard InChI is InChI=1S/C25H21N3O4S2/c1-17(29)28(21-12-6-7-13-22(21)31-2)25-27-18(16-33-25)15-32-24(30)20-11-8-14-26-23(20)34-19-9-4-3-5-10-19/h3-14,16H,15H2,1-2H3. The van der Waals surface area contributed by atoms with Crippen LogP contribution in [0.15, 0.2) is 88.2 Å². The SMILES string of the molecule is COc1ccccc1N(C(C)=O)c1nc(COC(=O)c2cccnc2Sc2ccccc2)cs1. The van der Waals surface area contributed by atoms with Crippen molar-refractivity contribution >= 4 is 45.8 Å². The predicted molar refractivity (Wildman–Crippen MR) is 132 cm³/mol. The molecule has 0 spiro atoms. The number of amides is 1. The Kier molecular flexibility index (Phi) is 7.56. The van der Waals surface area contributed by atoms with Gasteiger partial charge in [-0.3, -0.25) is 9.69 Å². The fraction of sp³-hybridized carbons (Fsp3) is 0.120. The predicted octanol–water partition coefficient (Wildman–Crippen LogP) is 5.74. The maximum atomic E-state index is 12.8. The number of para-hydroxylation sites is 2. The highest BCUT2D eigenvalue weighted by atomic mass is 32.2. The number of methoxy groups -OCH3 is 1. The van der Waals surface area contributed by atoms with Gasteiger partial charge in [0.05, 0.1) is 24.1 Å². The molecule has 2 aromatic heterocycles. The molecule has 9 heteroatoms. The van der Waals surface area contributed by atoms with Crippen LogP contribution in [0.1, 0.15) is 23.0 Å². The largest absolute Gasteiger partial charge is 0.495 e. The summed E-state index contributed by atoms with van der Waals surface area (Å²) in [5.74, 6) is -0.143. The molecule has 0 aliphatic heterocycles. The van der Waals surface area contributed by atoms with Gasteiger partial charge in [0.15, 0.2) is 5.13 Å². The second kappa shape index (κ2) is 11.0. The molecule has 34 heavy (non-hydrogen) atoms. The van der Waals surface area contributed by atoms with Crippen LogP contribution < -0.4 is 9.64 Å². The molecule has 0 saturated carbocycles. The average Bonchev–Trinajstić information content (AvgIpc) is 3.32. The molecular formula is C25H21N3O4S2. The summed E-state index contributed by atoms with van der Waals surface area (Å²) >= 11 is 2.68. The second-order valence-electron chi connectivity index (χ2n) is 7.00. The van der Waals surface area contributed by atoms with Crippen LogP contribution in [-0.4, -0.2) is 29.0 Å². The van der Waals surface area contributed by atoms with Crippen LogP contribution in [0, 0.1) is 0 Å². The first-order valence-corrected chi connectivity index (χ1v) is 12.0. The maximum absolute atomic E-state index is 12.8. The summed E-state index contributed by atoms with van der Waals surface area (Å²) in [6, 6.07) is 20.3. The van der Waals surface area contributed by atoms with Crippen LogP contribution in [-0.2, 0) is 16.1 Å². The van der Waals surface area contributed by atoms with Gasteiger partial charge in [-0.25, -0.2) is 14.8 Å². The molecule has 0 atom stereocenters. The second-order valence-corrected chi connectivity index (χ2v) is 8.89. The number of hydrogen-bond acceptors (Lipinski definition) is 8. The Morgan fingerprint density at radius 3 is 2.56 bits per heavy atom. The zero-order chi connectivity index (χ0) is 23.9. The van der Waals surface area contributed by atoms with Crippen molar-refractivity contribution in [3.05, 3.63) is 89.6 Å². The molecule has 7 nitrogen and oxygen atoms in total. The minimum absolute atomic E-state index is 0.0304. The minimum Gasteiger partial charge on any atom is -0.495 e. The van der Waals surface area contributed by atoms with Gasteiger partial charge in [-0.05, 0) is 36.4 Å². The molecule has 0 radical (unpaired) electrons. The first-order chi connectivity index (χ1) is 16.6. The molecule has 2 aromatic carbocycles. The Balaban J connectivity index is 1.48. The molecule has 4 aromatic rings. The monoisotopic (exact) mass is 491 g/mol. The summed E-state index contributed by atoms with van der Waals surface area (Å²) in [6.07, 6.45) is 1.64. The Morgan fingerprint density at radius 2 is 1.79 bits per heavy atom. The summed E-state index contributed by atoms with van der Waals surface area (Å²) in [4.78, 5) is 36.5. The van der Waals surface area contributed by atoms with Crippen LogP contribution in [0.2, 0.25) is 0 Å². The topological polar surface area (TPSA) is 81.6 Å². The Hall–Kier alpha value is -3.69. The smallest absolute Gasteiger partial charge is 0.341 e. The van der Waals surface area contributed by atoms with Crippen molar-refractivity contribution in [1.29, 1.82) is 0 Å². The van der Waals surface area contributed by atoms with Crippen LogP contribution in [0.25, 0.3) is 0 Å². The van der Waals surface area contributed by atoms with Gasteiger partial charge in [-0.1, -0.05) is 42.1 Å². The lowest BCUT2D eigenvalue weighted by atomic mass is 10.2. The highest BCUT2D eigenvalue weighted by molar-refractivity contribution is 7.99. The number of nitrogens with zero attached hydrogens (tertiary/aromatic N) is 3. The number of carbonyl (C=O) groups is 2. The number of hydrogen-bond donors (Lipinski definition) is 0. The number of aromatic nitrogens is 2. The quantitative estimate of drug-likeness (QED) is 0.291. The molecule has 1 amide bonds. The number of carbonyl (C=O) groups excluding carboxylic acids is 2. The van der Waals surface area contributed by atoms with Crippen LogP contribution in [0.3, 0.4) is 0 Å². The summed E-state index contributed by atoms with van der Waals surface area (Å²) in [7, 11) is 1.55. The van der Waals surface area contributed by atoms with Crippen LogP contribution in [0.4, 0.5) is 10.8 Å². The van der Waals surface area contributed by atoms with E-state index >= 15 is 0 Å². The molecule has 0 aliphatic rings. The molecule has 0 fully saturated rings. The lowest BCUT2D eigenvalue weighted by molar-refractivity contribution is -0.115. The van der Waals surface area contributed by atoms with Crippen molar-refractivity contribution in [3.63, 3.8) is 0 Å². The maximum Gasteiger partial charge on any atom is 0.341 e. The van der Waals surface area contributed by atoms with Gasteiger partial charge in [-0.15, -0.1) is 11.3 Å². The number of pyridine rings is 1. The van der Waals surface area contributed by atoms with E-state index in [4.69, 9.17) is 9.47 Å². The molecule has 172 valence electrons. The lowest BCUT2D eigenvalue weighted by Crippen LogP contribution is -2.23. The van der Waals surface area contributed by atoms with Crippen molar-refractivity contribution in [1.82, 2.24) is 9.97 Å². The van der Waals surface area contributed by atoms with E-state index in [2.05, 4.69) is 9.97 Å². The summed E-state index contributed by atoms with van der Waals surface area (Å²) in [6.45, 7) is 1.43. The third-order valence-electron chi connectivity index (χ3n) is 4.67. The highest BCUT2D eigenvalue weighted by Crippen LogP contribution is 2.35. The van der Waals surface area contributed by atoms with E-state index in [1.54, 1.807) is 43.0 Å². The normalized spacial score (nSPS) is 10.5. The summed E-state index contributed by atoms with van der Waals surface area (Å²) < 4.78 is 10.9. The van der Waals surface area contributed by atoms with Gasteiger partial charge < -0.3 is 9.47 Å². The lowest BCUT2D eigenvalue weighted by Gasteiger charge is -2.20. The van der Waals surface area contributed by atoms with Gasteiger partial charge in [0.2, 0.25) is 5.91 Å². The molecule has 2 heterocycles. The van der Waals surface area contributed by atoms with E-state index in [1.807, 2.05) is 42.5 Å². The first-order valence-electron chi connectivity index (χ1n) is 10.3.